The van der Waals surface area contributed by atoms with E-state index in [1.54, 1.807) is 36.4 Å². The molecule has 0 spiro atoms. The monoisotopic (exact) mass is 495 g/mol. The summed E-state index contributed by atoms with van der Waals surface area (Å²) in [6, 6.07) is 9.91. The van der Waals surface area contributed by atoms with Crippen LogP contribution in [0.3, 0.4) is 0 Å². The van der Waals surface area contributed by atoms with Crippen molar-refractivity contribution in [3.8, 4) is 17.2 Å². The number of anilines is 1. The fraction of sp³-hybridized carbons (Fsp3) is 0.200. The molecule has 0 atom stereocenters. The third-order valence-electron chi connectivity index (χ3n) is 4.89. The number of benzene rings is 2. The van der Waals surface area contributed by atoms with Gasteiger partial charge in [-0.05, 0) is 73.6 Å². The van der Waals surface area contributed by atoms with Crippen LogP contribution in [0.1, 0.15) is 18.1 Å². The minimum absolute atomic E-state index is 0.0442. The Kier molecular flexibility index (Phi) is 8.21. The molecule has 1 aliphatic heterocycles. The second-order valence-corrected chi connectivity index (χ2v) is 7.64. The largest absolute Gasteiger partial charge is 0.546 e. The van der Waals surface area contributed by atoms with Gasteiger partial charge in [0.15, 0.2) is 16.6 Å². The van der Waals surface area contributed by atoms with E-state index in [2.05, 4.69) is 11.9 Å². The van der Waals surface area contributed by atoms with Crippen LogP contribution in [-0.2, 0) is 20.8 Å². The molecular weight excluding hydrogens is 472 g/mol. The quantitative estimate of drug-likeness (QED) is 0.229. The number of aliphatic carboxylic acids is 1. The van der Waals surface area contributed by atoms with Crippen molar-refractivity contribution in [2.75, 3.05) is 25.2 Å². The third-order valence-corrected chi connectivity index (χ3v) is 5.18. The van der Waals surface area contributed by atoms with Gasteiger partial charge >= 0.3 is 0 Å². The van der Waals surface area contributed by atoms with Gasteiger partial charge in [-0.2, -0.15) is 0 Å². The molecule has 0 aromatic heterocycles. The fourth-order valence-electron chi connectivity index (χ4n) is 3.44. The highest BCUT2D eigenvalue weighted by Gasteiger charge is 2.34. The zero-order valence-electron chi connectivity index (χ0n) is 19.2. The molecule has 1 heterocycles. The van der Waals surface area contributed by atoms with Gasteiger partial charge in [0.2, 0.25) is 0 Å². The van der Waals surface area contributed by atoms with Crippen molar-refractivity contribution in [1.29, 1.82) is 0 Å². The molecule has 0 unspecified atom stereocenters. The second-order valence-electron chi connectivity index (χ2n) is 7.25. The highest BCUT2D eigenvalue weighted by molar-refractivity contribution is 7.80. The summed E-state index contributed by atoms with van der Waals surface area (Å²) in [7, 11) is 1.39. The molecule has 0 bridgehead atoms. The summed E-state index contributed by atoms with van der Waals surface area (Å²) in [6.45, 7) is 5.39. The number of hydrogen-bond donors (Lipinski definition) is 1. The van der Waals surface area contributed by atoms with Gasteiger partial charge in [0.25, 0.3) is 11.8 Å². The molecule has 0 saturated carbocycles. The number of carbonyl (C=O) groups is 3. The summed E-state index contributed by atoms with van der Waals surface area (Å²) in [5.41, 5.74) is 1.32. The van der Waals surface area contributed by atoms with Crippen molar-refractivity contribution in [2.24, 2.45) is 0 Å². The molecule has 3 rings (SSSR count). The lowest BCUT2D eigenvalue weighted by atomic mass is 10.0. The highest BCUT2D eigenvalue weighted by Crippen LogP contribution is 2.35. The molecule has 2 amide bonds. The van der Waals surface area contributed by atoms with Crippen LogP contribution >= 0.6 is 12.2 Å². The molecule has 2 aromatic rings. The number of carbonyl (C=O) groups excluding carboxylic acids is 3. The van der Waals surface area contributed by atoms with E-state index in [0.29, 0.717) is 35.6 Å². The van der Waals surface area contributed by atoms with Crippen molar-refractivity contribution >= 4 is 46.9 Å². The number of carboxylic acid groups (broad SMARTS) is 1. The summed E-state index contributed by atoms with van der Waals surface area (Å²) >= 11 is 5.24. The van der Waals surface area contributed by atoms with E-state index in [1.807, 2.05) is 6.92 Å². The molecule has 9 nitrogen and oxygen atoms in total. The van der Waals surface area contributed by atoms with Gasteiger partial charge in [-0.3, -0.25) is 19.8 Å². The van der Waals surface area contributed by atoms with Gasteiger partial charge in [-0.25, -0.2) is 0 Å². The Bertz CT molecular complexity index is 1210. The molecule has 1 N–H and O–H groups in total. The fourth-order valence-corrected chi connectivity index (χ4v) is 3.72. The summed E-state index contributed by atoms with van der Waals surface area (Å²) < 4.78 is 16.1. The molecule has 1 aliphatic rings. The highest BCUT2D eigenvalue weighted by atomic mass is 32.1. The molecule has 1 fully saturated rings. The van der Waals surface area contributed by atoms with Crippen LogP contribution < -0.4 is 29.5 Å². The van der Waals surface area contributed by atoms with Gasteiger partial charge in [-0.1, -0.05) is 6.08 Å². The van der Waals surface area contributed by atoms with Crippen molar-refractivity contribution in [1.82, 2.24) is 5.32 Å². The molecule has 2 aromatic carbocycles. The standard InChI is InChI=1S/C25H24N2O7S/c1-4-6-16-11-15(13-20(32-3)22(16)34-14-21(28)29)12-19-23(30)26-25(35)27(24(19)31)17-7-9-18(10-8-17)33-5-2/h4,7-13H,1,5-6,14H2,2-3H3,(H,28,29)(H,26,30,35)/p-1/b19-12+. The topological polar surface area (TPSA) is 117 Å². The first-order valence-electron chi connectivity index (χ1n) is 10.6. The first-order chi connectivity index (χ1) is 16.8. The molecule has 35 heavy (non-hydrogen) atoms. The maximum atomic E-state index is 13.3. The molecule has 10 heteroatoms. The summed E-state index contributed by atoms with van der Waals surface area (Å²) in [5.74, 6) is -1.59. The van der Waals surface area contributed by atoms with Crippen molar-refractivity contribution < 1.29 is 33.7 Å². The van der Waals surface area contributed by atoms with E-state index in [9.17, 15) is 19.5 Å². The van der Waals surface area contributed by atoms with Gasteiger partial charge in [0.1, 0.15) is 17.9 Å². The Morgan fingerprint density at radius 1 is 1.20 bits per heavy atom. The van der Waals surface area contributed by atoms with Crippen LogP contribution in [0.4, 0.5) is 5.69 Å². The Hall–Kier alpha value is -4.18. The van der Waals surface area contributed by atoms with E-state index >= 15 is 0 Å². The number of rotatable bonds is 10. The van der Waals surface area contributed by atoms with Gasteiger partial charge in [-0.15, -0.1) is 6.58 Å². The van der Waals surface area contributed by atoms with Crippen molar-refractivity contribution in [3.63, 3.8) is 0 Å². The molecular formula is C25H23N2O7S-. The van der Waals surface area contributed by atoms with Crippen molar-refractivity contribution in [2.45, 2.75) is 13.3 Å². The number of nitrogens with zero attached hydrogens (tertiary/aromatic N) is 1. The Morgan fingerprint density at radius 2 is 1.91 bits per heavy atom. The van der Waals surface area contributed by atoms with Crippen molar-refractivity contribution in [3.05, 3.63) is 65.8 Å². The molecule has 1 saturated heterocycles. The molecule has 0 aliphatic carbocycles. The number of methoxy groups -OCH3 is 1. The Balaban J connectivity index is 2.01. The first kappa shape index (κ1) is 25.4. The zero-order chi connectivity index (χ0) is 25.5. The van der Waals surface area contributed by atoms with Gasteiger partial charge in [0, 0.05) is 5.56 Å². The molecule has 0 radical (unpaired) electrons. The summed E-state index contributed by atoms with van der Waals surface area (Å²) in [6.07, 6.45) is 3.32. The maximum absolute atomic E-state index is 13.3. The van der Waals surface area contributed by atoms with Crippen LogP contribution in [-0.4, -0.2) is 43.2 Å². The second kappa shape index (κ2) is 11.3. The van der Waals surface area contributed by atoms with Crippen LogP contribution in [0.5, 0.6) is 17.2 Å². The first-order valence-corrected chi connectivity index (χ1v) is 11.0. The van der Waals surface area contributed by atoms with E-state index in [-0.39, 0.29) is 22.2 Å². The number of amides is 2. The van der Waals surface area contributed by atoms with Gasteiger partial charge in [0.05, 0.1) is 25.4 Å². The van der Waals surface area contributed by atoms with E-state index in [0.717, 1.165) is 0 Å². The average molecular weight is 496 g/mol. The third kappa shape index (κ3) is 5.85. The lowest BCUT2D eigenvalue weighted by Crippen LogP contribution is -2.54. The average Bonchev–Trinajstić information content (AvgIpc) is 2.82. The zero-order valence-corrected chi connectivity index (χ0v) is 20.0. The predicted octanol–water partition coefficient (Wildman–Crippen LogP) is 1.78. The van der Waals surface area contributed by atoms with Crippen LogP contribution in [0, 0.1) is 0 Å². The van der Waals surface area contributed by atoms with Crippen LogP contribution in [0.25, 0.3) is 6.08 Å². The summed E-state index contributed by atoms with van der Waals surface area (Å²) in [5, 5.41) is 13.3. The predicted molar refractivity (Wildman–Crippen MR) is 131 cm³/mol. The Morgan fingerprint density at radius 3 is 2.51 bits per heavy atom. The van der Waals surface area contributed by atoms with E-state index in [1.165, 1.54) is 24.2 Å². The number of hydrogen-bond acceptors (Lipinski definition) is 8. The van der Waals surface area contributed by atoms with E-state index in [4.69, 9.17) is 26.4 Å². The minimum Gasteiger partial charge on any atom is -0.546 e. The summed E-state index contributed by atoms with van der Waals surface area (Å²) in [4.78, 5) is 38.0. The molecule has 182 valence electrons. The number of ether oxygens (including phenoxy) is 3. The maximum Gasteiger partial charge on any atom is 0.270 e. The SMILES string of the molecule is C=CCc1cc(/C=C2\C(=O)NC(=S)N(c3ccc(OCC)cc3)C2=O)cc(OC)c1OCC(=O)[O-]. The van der Waals surface area contributed by atoms with E-state index < -0.39 is 24.4 Å². The smallest absolute Gasteiger partial charge is 0.270 e. The number of nitrogens with one attached hydrogen (secondary N) is 1. The number of carboxylic acids is 1. The van der Waals surface area contributed by atoms with Gasteiger partial charge < -0.3 is 24.1 Å². The number of thiocarbonyl (C=S) groups is 1. The lowest BCUT2D eigenvalue weighted by Gasteiger charge is -2.29. The lowest BCUT2D eigenvalue weighted by molar-refractivity contribution is -0.307. The van der Waals surface area contributed by atoms with Crippen LogP contribution in [0.2, 0.25) is 0 Å². The van der Waals surface area contributed by atoms with Crippen LogP contribution in [0.15, 0.2) is 54.6 Å². The normalized spacial score (nSPS) is 14.5. The Labute approximate surface area is 207 Å². The number of allylic oxidation sites excluding steroid dienone is 1. The minimum atomic E-state index is -1.39.